The molecule has 0 saturated carbocycles. The standard InChI is InChI=1S/C13H9BrN2O2S.C8H6BrN.C4H8O/c14-12-9-10-5-4-8-15-13(10)16(12)19(17,18)11-6-2-1-3-7-11;9-7-4-6-2-1-3-10-8(6)5-7;1-2-4-5-3-1/h1-9H;1-4H,5H2;1-4H2. The van der Waals surface area contributed by atoms with E-state index >= 15 is 0 Å². The molecule has 0 bridgehead atoms. The lowest BCUT2D eigenvalue weighted by Gasteiger charge is -2.08. The first-order chi connectivity index (χ1) is 16.5. The number of ether oxygens (including phenoxy) is 1. The van der Waals surface area contributed by atoms with E-state index in [1.165, 1.54) is 32.6 Å². The summed E-state index contributed by atoms with van der Waals surface area (Å²) in [6.07, 6.45) is 9.03. The Hall–Kier alpha value is -2.33. The normalized spacial score (nSPS) is 14.5. The second kappa shape index (κ2) is 11.4. The van der Waals surface area contributed by atoms with Crippen LogP contribution in [0, 0.1) is 0 Å². The molecule has 4 aromatic rings. The largest absolute Gasteiger partial charge is 0.381 e. The molecule has 4 heterocycles. The fourth-order valence-electron chi connectivity index (χ4n) is 3.53. The van der Waals surface area contributed by atoms with Crippen LogP contribution in [0.4, 0.5) is 0 Å². The first-order valence-corrected chi connectivity index (χ1v) is 13.8. The van der Waals surface area contributed by atoms with Gasteiger partial charge in [0.15, 0.2) is 5.65 Å². The van der Waals surface area contributed by atoms with E-state index in [1.807, 2.05) is 18.3 Å². The number of allylic oxidation sites excluding steroid dienone is 1. The van der Waals surface area contributed by atoms with Crippen molar-refractivity contribution >= 4 is 59.0 Å². The molecule has 34 heavy (non-hydrogen) atoms. The van der Waals surface area contributed by atoms with Gasteiger partial charge in [-0.05, 0) is 76.8 Å². The maximum Gasteiger partial charge on any atom is 0.270 e. The Morgan fingerprint density at radius 2 is 1.59 bits per heavy atom. The molecule has 3 aromatic heterocycles. The van der Waals surface area contributed by atoms with E-state index in [-0.39, 0.29) is 4.90 Å². The van der Waals surface area contributed by atoms with Gasteiger partial charge in [0.2, 0.25) is 0 Å². The summed E-state index contributed by atoms with van der Waals surface area (Å²) in [6.45, 7) is 2.00. The molecule has 0 N–H and O–H groups in total. The van der Waals surface area contributed by atoms with Gasteiger partial charge >= 0.3 is 0 Å². The molecule has 9 heteroatoms. The van der Waals surface area contributed by atoms with Crippen LogP contribution in [0.25, 0.3) is 17.1 Å². The average molecular weight is 605 g/mol. The van der Waals surface area contributed by atoms with Crippen molar-refractivity contribution in [2.75, 3.05) is 13.2 Å². The third-order valence-corrected chi connectivity index (χ3v) is 8.21. The van der Waals surface area contributed by atoms with Gasteiger partial charge in [0.25, 0.3) is 10.0 Å². The predicted molar refractivity (Wildman–Crippen MR) is 141 cm³/mol. The summed E-state index contributed by atoms with van der Waals surface area (Å²) in [5.74, 6) is 0. The Morgan fingerprint density at radius 3 is 2.26 bits per heavy atom. The smallest absolute Gasteiger partial charge is 0.270 e. The number of rotatable bonds is 2. The Morgan fingerprint density at radius 1 is 0.882 bits per heavy atom. The zero-order valence-electron chi connectivity index (χ0n) is 18.3. The van der Waals surface area contributed by atoms with E-state index < -0.39 is 10.0 Å². The molecule has 2 aliphatic rings. The molecule has 1 aliphatic heterocycles. The summed E-state index contributed by atoms with van der Waals surface area (Å²) in [6, 6.07) is 17.7. The van der Waals surface area contributed by atoms with E-state index in [2.05, 4.69) is 54.0 Å². The van der Waals surface area contributed by atoms with Crippen molar-refractivity contribution in [3.63, 3.8) is 0 Å². The molecule has 1 aliphatic carbocycles. The van der Waals surface area contributed by atoms with Crippen LogP contribution in [0.1, 0.15) is 24.1 Å². The Kier molecular flexibility index (Phi) is 8.31. The third-order valence-electron chi connectivity index (χ3n) is 5.16. The van der Waals surface area contributed by atoms with Crippen molar-refractivity contribution in [2.24, 2.45) is 0 Å². The van der Waals surface area contributed by atoms with Gasteiger partial charge in [-0.1, -0.05) is 40.2 Å². The van der Waals surface area contributed by atoms with Crippen molar-refractivity contribution in [3.05, 3.63) is 93.4 Å². The van der Waals surface area contributed by atoms with Crippen molar-refractivity contribution < 1.29 is 13.2 Å². The minimum atomic E-state index is -3.65. The van der Waals surface area contributed by atoms with Crippen LogP contribution >= 0.6 is 31.9 Å². The number of pyridine rings is 2. The molecular weight excluding hydrogens is 582 g/mol. The summed E-state index contributed by atoms with van der Waals surface area (Å²) in [7, 11) is -3.65. The van der Waals surface area contributed by atoms with Gasteiger partial charge < -0.3 is 4.74 Å². The summed E-state index contributed by atoms with van der Waals surface area (Å²) < 4.78 is 33.1. The van der Waals surface area contributed by atoms with Gasteiger partial charge in [-0.2, -0.15) is 0 Å². The number of hydrogen-bond donors (Lipinski definition) is 0. The van der Waals surface area contributed by atoms with E-state index in [0.29, 0.717) is 10.3 Å². The topological polar surface area (TPSA) is 74.1 Å². The summed E-state index contributed by atoms with van der Waals surface area (Å²) in [4.78, 5) is 8.61. The second-order valence-electron chi connectivity index (χ2n) is 7.59. The molecule has 0 atom stereocenters. The fourth-order valence-corrected chi connectivity index (χ4v) is 6.40. The van der Waals surface area contributed by atoms with Crippen molar-refractivity contribution in [1.29, 1.82) is 0 Å². The monoisotopic (exact) mass is 603 g/mol. The van der Waals surface area contributed by atoms with Crippen LogP contribution < -0.4 is 0 Å². The molecule has 1 aromatic carbocycles. The van der Waals surface area contributed by atoms with Gasteiger partial charge in [-0.15, -0.1) is 0 Å². The van der Waals surface area contributed by atoms with Crippen molar-refractivity contribution in [3.8, 4) is 0 Å². The fraction of sp³-hybridized carbons (Fsp3) is 0.200. The molecule has 6 nitrogen and oxygen atoms in total. The number of fused-ring (bicyclic) bond motifs is 2. The van der Waals surface area contributed by atoms with Crippen LogP contribution in [0.5, 0.6) is 0 Å². The number of halogens is 2. The quantitative estimate of drug-likeness (QED) is 0.272. The first-order valence-electron chi connectivity index (χ1n) is 10.8. The second-order valence-corrected chi connectivity index (χ2v) is 11.2. The van der Waals surface area contributed by atoms with Gasteiger partial charge in [0.05, 0.1) is 10.6 Å². The maximum absolute atomic E-state index is 12.6. The molecule has 6 rings (SSSR count). The minimum Gasteiger partial charge on any atom is -0.381 e. The molecular formula is C25H23Br2N3O3S. The molecule has 0 unspecified atom stereocenters. The lowest BCUT2D eigenvalue weighted by Crippen LogP contribution is -2.13. The van der Waals surface area contributed by atoms with Gasteiger partial charge in [-0.25, -0.2) is 17.4 Å². The molecule has 176 valence electrons. The van der Waals surface area contributed by atoms with Crippen LogP contribution in [0.3, 0.4) is 0 Å². The lowest BCUT2D eigenvalue weighted by atomic mass is 10.2. The minimum absolute atomic E-state index is 0.235. The predicted octanol–water partition coefficient (Wildman–Crippen LogP) is 6.21. The van der Waals surface area contributed by atoms with E-state index in [0.717, 1.165) is 25.0 Å². The number of aromatic nitrogens is 3. The number of benzene rings is 1. The van der Waals surface area contributed by atoms with Crippen molar-refractivity contribution in [2.45, 2.75) is 24.2 Å². The van der Waals surface area contributed by atoms with Gasteiger partial charge in [0, 0.05) is 41.9 Å². The highest BCUT2D eigenvalue weighted by atomic mass is 79.9. The highest BCUT2D eigenvalue weighted by Crippen LogP contribution is 2.27. The van der Waals surface area contributed by atoms with E-state index in [1.54, 1.807) is 48.7 Å². The zero-order chi connectivity index (χ0) is 24.0. The number of nitrogens with zero attached hydrogens (tertiary/aromatic N) is 3. The maximum atomic E-state index is 12.6. The van der Waals surface area contributed by atoms with Gasteiger partial charge in [-0.3, -0.25) is 4.98 Å². The zero-order valence-corrected chi connectivity index (χ0v) is 22.3. The molecule has 1 fully saturated rings. The van der Waals surface area contributed by atoms with Crippen LogP contribution in [0.2, 0.25) is 0 Å². The highest BCUT2D eigenvalue weighted by Gasteiger charge is 2.22. The SMILES string of the molecule is BrC1=Cc2cccnc2C1.C1CCOC1.O=S(=O)(c1ccccc1)n1c(Br)cc2cccnc21. The Labute approximate surface area is 216 Å². The Balaban J connectivity index is 0.000000150. The van der Waals surface area contributed by atoms with Crippen LogP contribution in [0.15, 0.2) is 87.0 Å². The number of hydrogen-bond acceptors (Lipinski definition) is 5. The van der Waals surface area contributed by atoms with Crippen LogP contribution in [-0.4, -0.2) is 35.6 Å². The molecule has 0 spiro atoms. The average Bonchev–Trinajstić information content (AvgIpc) is 3.59. The van der Waals surface area contributed by atoms with Crippen molar-refractivity contribution in [1.82, 2.24) is 13.9 Å². The summed E-state index contributed by atoms with van der Waals surface area (Å²) in [5, 5.41) is 0.772. The van der Waals surface area contributed by atoms with Crippen LogP contribution in [-0.2, 0) is 21.2 Å². The summed E-state index contributed by atoms with van der Waals surface area (Å²) in [5.41, 5.74) is 2.84. The lowest BCUT2D eigenvalue weighted by molar-refractivity contribution is 0.198. The summed E-state index contributed by atoms with van der Waals surface area (Å²) >= 11 is 6.73. The molecule has 0 amide bonds. The van der Waals surface area contributed by atoms with E-state index in [4.69, 9.17) is 4.74 Å². The first kappa shape index (κ1) is 24.8. The highest BCUT2D eigenvalue weighted by molar-refractivity contribution is 9.11. The Bertz CT molecular complexity index is 1390. The van der Waals surface area contributed by atoms with Gasteiger partial charge in [0.1, 0.15) is 4.60 Å². The molecule has 1 saturated heterocycles. The molecule has 0 radical (unpaired) electrons. The third kappa shape index (κ3) is 5.83. The van der Waals surface area contributed by atoms with E-state index in [9.17, 15) is 8.42 Å².